The van der Waals surface area contributed by atoms with Crippen molar-refractivity contribution in [3.8, 4) is 5.75 Å². The molecule has 186 valence electrons. The van der Waals surface area contributed by atoms with E-state index >= 15 is 4.39 Å². The molecule has 1 N–H and O–H groups in total. The molecule has 8 heteroatoms. The van der Waals surface area contributed by atoms with E-state index in [1.54, 1.807) is 12.3 Å². The molecular weight excluding hydrogens is 467 g/mol. The van der Waals surface area contributed by atoms with Gasteiger partial charge in [-0.2, -0.15) is 0 Å². The van der Waals surface area contributed by atoms with Gasteiger partial charge in [0.05, 0.1) is 0 Å². The van der Waals surface area contributed by atoms with Gasteiger partial charge in [0.25, 0.3) is 0 Å². The second-order valence-corrected chi connectivity index (χ2v) is 11.8. The molecule has 6 nitrogen and oxygen atoms in total. The van der Waals surface area contributed by atoms with E-state index in [1.807, 2.05) is 13.0 Å². The van der Waals surface area contributed by atoms with Crippen LogP contribution in [0.25, 0.3) is 0 Å². The van der Waals surface area contributed by atoms with Crippen molar-refractivity contribution in [3.63, 3.8) is 0 Å². The van der Waals surface area contributed by atoms with Crippen LogP contribution in [-0.2, 0) is 20.8 Å². The molecule has 5 atom stereocenters. The van der Waals surface area contributed by atoms with E-state index in [0.29, 0.717) is 42.2 Å². The molecule has 3 aliphatic rings. The summed E-state index contributed by atoms with van der Waals surface area (Å²) < 4.78 is 20.2. The van der Waals surface area contributed by atoms with Crippen LogP contribution in [0.2, 0.25) is 0 Å². The van der Waals surface area contributed by atoms with Gasteiger partial charge in [0, 0.05) is 36.3 Å². The number of nitrogens with zero attached hydrogens (tertiary/aromatic N) is 1. The second-order valence-electron chi connectivity index (χ2n) is 10.6. The topological polar surface area (TPSA) is 85.4 Å². The van der Waals surface area contributed by atoms with Gasteiger partial charge in [-0.1, -0.05) is 13.0 Å². The van der Waals surface area contributed by atoms with Crippen molar-refractivity contribution in [2.45, 2.75) is 71.6 Å². The highest BCUT2D eigenvalue weighted by Gasteiger charge is 2.58. The van der Waals surface area contributed by atoms with E-state index in [-0.39, 0.29) is 40.7 Å². The Morgan fingerprint density at radius 1 is 1.31 bits per heavy atom. The Morgan fingerprint density at radius 2 is 2.11 bits per heavy atom. The molecule has 0 saturated heterocycles. The van der Waals surface area contributed by atoms with Crippen molar-refractivity contribution in [2.24, 2.45) is 23.2 Å². The van der Waals surface area contributed by atoms with Crippen molar-refractivity contribution in [1.29, 1.82) is 0 Å². The number of nitrogens with one attached hydrogen (secondary N) is 1. The summed E-state index contributed by atoms with van der Waals surface area (Å²) in [5.41, 5.74) is 1.27. The van der Waals surface area contributed by atoms with Gasteiger partial charge in [-0.25, -0.2) is 9.37 Å². The van der Waals surface area contributed by atoms with Crippen LogP contribution in [0.15, 0.2) is 18.3 Å². The van der Waals surface area contributed by atoms with E-state index in [9.17, 15) is 14.4 Å². The minimum absolute atomic E-state index is 0.00861. The number of thiazole rings is 1. The molecule has 0 bridgehead atoms. The minimum Gasteiger partial charge on any atom is -0.424 e. The number of aromatic nitrogens is 1. The largest absolute Gasteiger partial charge is 0.424 e. The minimum atomic E-state index is -0.535. The van der Waals surface area contributed by atoms with Crippen molar-refractivity contribution < 1.29 is 23.5 Å². The van der Waals surface area contributed by atoms with Gasteiger partial charge in [0.15, 0.2) is 16.7 Å². The zero-order valence-electron chi connectivity index (χ0n) is 20.4. The predicted molar refractivity (Wildman–Crippen MR) is 131 cm³/mol. The van der Waals surface area contributed by atoms with E-state index in [2.05, 4.69) is 17.2 Å². The summed E-state index contributed by atoms with van der Waals surface area (Å²) in [7, 11) is 0. The fraction of sp³-hybridized carbons (Fsp3) is 0.556. The van der Waals surface area contributed by atoms with Crippen molar-refractivity contribution >= 4 is 34.1 Å². The van der Waals surface area contributed by atoms with Gasteiger partial charge in [0.1, 0.15) is 5.78 Å². The Bertz CT molecular complexity index is 1190. The van der Waals surface area contributed by atoms with Gasteiger partial charge in [-0.15, -0.1) is 11.3 Å². The predicted octanol–water partition coefficient (Wildman–Crippen LogP) is 5.59. The Labute approximate surface area is 208 Å². The number of hydrogen-bond donors (Lipinski definition) is 1. The monoisotopic (exact) mass is 498 g/mol. The van der Waals surface area contributed by atoms with Crippen LogP contribution in [0.1, 0.15) is 74.3 Å². The van der Waals surface area contributed by atoms with Gasteiger partial charge in [0.2, 0.25) is 5.91 Å². The molecule has 35 heavy (non-hydrogen) atoms. The first-order valence-electron chi connectivity index (χ1n) is 12.4. The van der Waals surface area contributed by atoms with Gasteiger partial charge >= 0.3 is 5.97 Å². The summed E-state index contributed by atoms with van der Waals surface area (Å²) in [6.45, 7) is 5.32. The smallest absolute Gasteiger partial charge is 0.308 e. The maximum Gasteiger partial charge on any atom is 0.308 e. The number of esters is 1. The lowest BCUT2D eigenvalue weighted by atomic mass is 9.54. The summed E-state index contributed by atoms with van der Waals surface area (Å²) >= 11 is 1.45. The summed E-state index contributed by atoms with van der Waals surface area (Å²) in [5, 5.41) is 3.49. The van der Waals surface area contributed by atoms with E-state index in [4.69, 9.17) is 4.74 Å². The Balaban J connectivity index is 1.35. The average molecular weight is 499 g/mol. The first kappa shape index (κ1) is 24.1. The van der Waals surface area contributed by atoms with Crippen LogP contribution in [0.3, 0.4) is 0 Å². The first-order valence-corrected chi connectivity index (χ1v) is 13.2. The van der Waals surface area contributed by atoms with Gasteiger partial charge in [-0.05, 0) is 79.9 Å². The molecule has 2 saturated carbocycles. The normalized spacial score (nSPS) is 29.2. The number of Topliss-reactive ketones (excluding diaryl/α,β-unsaturated/α-hetero) is 1. The van der Waals surface area contributed by atoms with Crippen LogP contribution in [-0.4, -0.2) is 22.6 Å². The van der Waals surface area contributed by atoms with Crippen LogP contribution in [0.4, 0.5) is 9.52 Å². The second kappa shape index (κ2) is 9.12. The molecular formula is C27H31FN2O4S. The molecule has 0 radical (unpaired) electrons. The number of rotatable bonds is 5. The molecule has 1 heterocycles. The van der Waals surface area contributed by atoms with Crippen molar-refractivity contribution in [1.82, 2.24) is 4.98 Å². The quantitative estimate of drug-likeness (QED) is 0.429. The average Bonchev–Trinajstić information content (AvgIpc) is 3.33. The standard InChI is InChI=1S/C27H31FN2O4S/c1-14-13-29-26(35-14)30-23(33)9-4-16-12-22(32)27(3)11-10-18-17-7-8-21(34-15(2)31)25(28)20(17)6-5-19(18)24(16)27/h7-8,13,16,18-19,24H,4-6,9-12H2,1-3H3,(H,29,30,33). The number of halogens is 1. The number of ether oxygens (including phenoxy) is 1. The molecule has 1 aromatic heterocycles. The molecule has 5 rings (SSSR count). The van der Waals surface area contributed by atoms with E-state index in [0.717, 1.165) is 29.7 Å². The lowest BCUT2D eigenvalue weighted by Gasteiger charge is -2.50. The van der Waals surface area contributed by atoms with Crippen molar-refractivity contribution in [2.75, 3.05) is 5.32 Å². The number of hydrogen-bond acceptors (Lipinski definition) is 6. The Kier molecular flexibility index (Phi) is 6.28. The molecule has 5 unspecified atom stereocenters. The number of benzene rings is 1. The fourth-order valence-electron chi connectivity index (χ4n) is 7.07. The molecule has 0 aliphatic heterocycles. The molecule has 3 aliphatic carbocycles. The highest BCUT2D eigenvalue weighted by Crippen LogP contribution is 2.62. The number of anilines is 1. The van der Waals surface area contributed by atoms with Crippen LogP contribution >= 0.6 is 11.3 Å². The maximum absolute atomic E-state index is 15.2. The molecule has 1 amide bonds. The Hall–Kier alpha value is -2.61. The summed E-state index contributed by atoms with van der Waals surface area (Å²) in [5.74, 6) is 0.0601. The molecule has 1 aromatic carbocycles. The van der Waals surface area contributed by atoms with E-state index in [1.165, 1.54) is 18.3 Å². The lowest BCUT2D eigenvalue weighted by Crippen LogP contribution is -2.44. The Morgan fingerprint density at radius 3 is 2.83 bits per heavy atom. The highest BCUT2D eigenvalue weighted by molar-refractivity contribution is 7.15. The summed E-state index contributed by atoms with van der Waals surface area (Å²) in [6.07, 6.45) is 6.27. The maximum atomic E-state index is 15.2. The number of carbonyl (C=O) groups is 3. The third-order valence-corrected chi connectivity index (χ3v) is 9.34. The van der Waals surface area contributed by atoms with Gasteiger partial charge in [-0.3, -0.25) is 14.4 Å². The summed E-state index contributed by atoms with van der Waals surface area (Å²) in [4.78, 5) is 42.4. The highest BCUT2D eigenvalue weighted by atomic mass is 32.1. The molecule has 2 fully saturated rings. The van der Waals surface area contributed by atoms with Crippen LogP contribution in [0, 0.1) is 35.9 Å². The number of amides is 1. The zero-order valence-corrected chi connectivity index (χ0v) is 21.2. The SMILES string of the molecule is CC(=O)Oc1ccc2c(c1F)CCC1C2CCC2(C)C(=O)CC(CCC(=O)Nc3ncc(C)s3)C12. The molecule has 0 spiro atoms. The number of ketones is 1. The fourth-order valence-corrected chi connectivity index (χ4v) is 7.75. The molecule has 2 aromatic rings. The number of fused-ring (bicyclic) bond motifs is 5. The lowest BCUT2D eigenvalue weighted by molar-refractivity contribution is -0.132. The van der Waals surface area contributed by atoms with E-state index < -0.39 is 11.8 Å². The number of carbonyl (C=O) groups excluding carboxylic acids is 3. The van der Waals surface area contributed by atoms with Crippen LogP contribution in [0.5, 0.6) is 5.75 Å². The zero-order chi connectivity index (χ0) is 24.9. The van der Waals surface area contributed by atoms with Gasteiger partial charge < -0.3 is 10.1 Å². The van der Waals surface area contributed by atoms with Crippen LogP contribution < -0.4 is 10.1 Å². The third-order valence-electron chi connectivity index (χ3n) is 8.52. The third kappa shape index (κ3) is 4.30. The van der Waals surface area contributed by atoms with Crippen molar-refractivity contribution in [3.05, 3.63) is 40.2 Å². The number of aryl methyl sites for hydroxylation is 1. The first-order chi connectivity index (χ1) is 16.7. The summed E-state index contributed by atoms with van der Waals surface area (Å²) in [6, 6.07) is 3.47.